The number of rotatable bonds is 12. The summed E-state index contributed by atoms with van der Waals surface area (Å²) >= 11 is 0. The maximum Gasteiger partial charge on any atom is 0.319 e. The number of halogens is 2. The Morgan fingerprint density at radius 3 is 2.40 bits per heavy atom. The van der Waals surface area contributed by atoms with Crippen molar-refractivity contribution >= 4 is 50.9 Å². The van der Waals surface area contributed by atoms with Gasteiger partial charge in [-0.05, 0) is 129 Å². The van der Waals surface area contributed by atoms with Crippen LogP contribution in [0.1, 0.15) is 99.5 Å². The molecule has 7 heterocycles. The van der Waals surface area contributed by atoms with E-state index in [9.17, 15) is 24.6 Å². The fourth-order valence-corrected chi connectivity index (χ4v) is 13.1. The predicted molar refractivity (Wildman–Crippen MR) is 273 cm³/mol. The number of β-amino-alcohol motifs (C(OH)–C–C–N with tert-alkyl or cyclic N) is 1. The number of phenolic OH excluding ortho intramolecular Hbond substituents is 1. The molecule has 2 aliphatic carbocycles. The number of amides is 3. The normalized spacial score (nSPS) is 24.8. The molecule has 5 aromatic rings. The van der Waals surface area contributed by atoms with Gasteiger partial charge in [0, 0.05) is 107 Å². The second-order valence-corrected chi connectivity index (χ2v) is 23.0. The van der Waals surface area contributed by atoms with Crippen molar-refractivity contribution < 1.29 is 38.1 Å². The van der Waals surface area contributed by atoms with E-state index < -0.39 is 29.0 Å². The topological polar surface area (TPSA) is 168 Å². The van der Waals surface area contributed by atoms with Crippen molar-refractivity contribution in [1.82, 2.24) is 35.0 Å². The lowest BCUT2D eigenvalue weighted by Crippen LogP contribution is -2.61. The molecule has 17 heteroatoms. The van der Waals surface area contributed by atoms with E-state index in [4.69, 9.17) is 14.7 Å². The van der Waals surface area contributed by atoms with E-state index >= 15 is 8.78 Å². The van der Waals surface area contributed by atoms with E-state index in [2.05, 4.69) is 25.0 Å². The number of alkyl halides is 1. The molecule has 7 aliphatic rings. The van der Waals surface area contributed by atoms with Crippen molar-refractivity contribution in [2.24, 2.45) is 10.8 Å². The number of anilines is 2. The molecule has 0 bridgehead atoms. The first-order chi connectivity index (χ1) is 35.1. The van der Waals surface area contributed by atoms with E-state index in [0.717, 1.165) is 106 Å². The minimum Gasteiger partial charge on any atom is -0.508 e. The zero-order valence-corrected chi connectivity index (χ0v) is 41.9. The molecule has 0 unspecified atom stereocenters. The number of phenols is 1. The number of fused-ring (bicyclic) bond motifs is 3. The number of hydrogen-bond acceptors (Lipinski definition) is 13. The first kappa shape index (κ1) is 47.9. The van der Waals surface area contributed by atoms with Crippen LogP contribution in [-0.2, 0) is 22.6 Å². The number of likely N-dealkylation sites (tertiary alicyclic amines) is 1. The van der Waals surface area contributed by atoms with Gasteiger partial charge in [0.05, 0.1) is 17.6 Å². The number of aliphatic hydroxyl groups is 1. The Labute approximate surface area is 423 Å². The molecule has 2 saturated carbocycles. The average molecular weight is 998 g/mol. The third-order valence-electron chi connectivity index (χ3n) is 17.4. The molecule has 6 fully saturated rings. The number of aromatic hydroxyl groups is 1. The molecular formula is C56H65F2N9O6. The largest absolute Gasteiger partial charge is 0.508 e. The van der Waals surface area contributed by atoms with E-state index in [1.54, 1.807) is 23.2 Å². The number of piperidine rings is 2. The van der Waals surface area contributed by atoms with Crippen molar-refractivity contribution in [2.45, 2.75) is 108 Å². The molecule has 384 valence electrons. The van der Waals surface area contributed by atoms with Gasteiger partial charge in [-0.15, -0.1) is 0 Å². The molecule has 3 amide bonds. The van der Waals surface area contributed by atoms with Crippen molar-refractivity contribution in [2.75, 3.05) is 81.9 Å². The lowest BCUT2D eigenvalue weighted by atomic mass is 9.64. The Hall–Kier alpha value is -6.04. The summed E-state index contributed by atoms with van der Waals surface area (Å²) in [5.74, 6) is -1.02. The molecule has 2 atom stereocenters. The first-order valence-electron chi connectivity index (χ1n) is 26.5. The highest BCUT2D eigenvalue weighted by Crippen LogP contribution is 2.53. The lowest BCUT2D eigenvalue weighted by Gasteiger charge is -2.55. The van der Waals surface area contributed by atoms with Crippen LogP contribution >= 0.6 is 0 Å². The van der Waals surface area contributed by atoms with Crippen LogP contribution in [0.3, 0.4) is 0 Å². The van der Waals surface area contributed by atoms with E-state index in [0.29, 0.717) is 87.2 Å². The summed E-state index contributed by atoms with van der Waals surface area (Å²) in [6, 6.07) is 14.4. The van der Waals surface area contributed by atoms with Gasteiger partial charge in [-0.3, -0.25) is 29.6 Å². The van der Waals surface area contributed by atoms with Gasteiger partial charge in [-0.2, -0.15) is 9.97 Å². The minimum absolute atomic E-state index is 0.0172. The van der Waals surface area contributed by atoms with Gasteiger partial charge in [0.25, 0.3) is 5.91 Å². The third-order valence-corrected chi connectivity index (χ3v) is 17.4. The zero-order valence-electron chi connectivity index (χ0n) is 41.9. The second kappa shape index (κ2) is 18.1. The van der Waals surface area contributed by atoms with Gasteiger partial charge >= 0.3 is 6.01 Å². The number of benzene rings is 3. The van der Waals surface area contributed by atoms with Crippen LogP contribution in [0.15, 0.2) is 54.7 Å². The Morgan fingerprint density at radius 1 is 0.863 bits per heavy atom. The molecule has 12 rings (SSSR count). The number of piperazine rings is 1. The number of nitrogens with one attached hydrogen (secondary N) is 1. The van der Waals surface area contributed by atoms with Gasteiger partial charge in [0.1, 0.15) is 34.5 Å². The van der Waals surface area contributed by atoms with Gasteiger partial charge in [0.2, 0.25) is 11.8 Å². The minimum atomic E-state index is -1.22. The van der Waals surface area contributed by atoms with Crippen LogP contribution in [-0.4, -0.2) is 147 Å². The van der Waals surface area contributed by atoms with Gasteiger partial charge in [-0.25, -0.2) is 8.78 Å². The molecule has 3 N–H and O–H groups in total. The van der Waals surface area contributed by atoms with Crippen molar-refractivity contribution in [3.05, 3.63) is 77.2 Å². The monoisotopic (exact) mass is 998 g/mol. The van der Waals surface area contributed by atoms with Gasteiger partial charge < -0.3 is 34.5 Å². The first-order valence-corrected chi connectivity index (χ1v) is 26.5. The number of imide groups is 1. The summed E-state index contributed by atoms with van der Waals surface area (Å²) in [5.41, 5.74) is 2.05. The van der Waals surface area contributed by atoms with Crippen molar-refractivity contribution in [3.8, 4) is 23.0 Å². The molecule has 73 heavy (non-hydrogen) atoms. The molecule has 15 nitrogen and oxygen atoms in total. The lowest BCUT2D eigenvalue weighted by molar-refractivity contribution is -0.136. The molecule has 5 aliphatic heterocycles. The smallest absolute Gasteiger partial charge is 0.319 e. The molecule has 1 spiro atoms. The van der Waals surface area contributed by atoms with Crippen LogP contribution in [0, 0.1) is 16.6 Å². The fraction of sp³-hybridized carbons (Fsp3) is 0.536. The summed E-state index contributed by atoms with van der Waals surface area (Å²) in [5, 5.41) is 26.3. The number of pyridine rings is 1. The van der Waals surface area contributed by atoms with E-state index in [1.165, 1.54) is 0 Å². The Balaban J connectivity index is 0.663. The molecule has 3 aromatic carbocycles. The van der Waals surface area contributed by atoms with Crippen LogP contribution in [0.5, 0.6) is 11.8 Å². The Kier molecular flexibility index (Phi) is 11.9. The molecular weight excluding hydrogens is 933 g/mol. The fourth-order valence-electron chi connectivity index (χ4n) is 13.1. The van der Waals surface area contributed by atoms with Crippen LogP contribution in [0.25, 0.3) is 32.9 Å². The summed E-state index contributed by atoms with van der Waals surface area (Å²) in [6.45, 7) is 11.7. The number of carbonyl (C=O) groups excluding carboxylic acids is 3. The maximum atomic E-state index is 17.1. The van der Waals surface area contributed by atoms with Crippen LogP contribution in [0.2, 0.25) is 0 Å². The van der Waals surface area contributed by atoms with Crippen molar-refractivity contribution in [1.29, 1.82) is 0 Å². The molecule has 4 saturated heterocycles. The van der Waals surface area contributed by atoms with Crippen molar-refractivity contribution in [3.63, 3.8) is 0 Å². The summed E-state index contributed by atoms with van der Waals surface area (Å²) in [7, 11) is 0. The summed E-state index contributed by atoms with van der Waals surface area (Å²) < 4.78 is 40.3. The van der Waals surface area contributed by atoms with Gasteiger partial charge in [-0.1, -0.05) is 25.1 Å². The highest BCUT2D eigenvalue weighted by Gasteiger charge is 2.54. The number of aromatic nitrogens is 3. The predicted octanol–water partition coefficient (Wildman–Crippen LogP) is 6.93. The van der Waals surface area contributed by atoms with Crippen LogP contribution in [0.4, 0.5) is 20.3 Å². The van der Waals surface area contributed by atoms with E-state index in [-0.39, 0.29) is 52.0 Å². The zero-order chi connectivity index (χ0) is 50.4. The van der Waals surface area contributed by atoms with Gasteiger partial charge in [0.15, 0.2) is 5.82 Å². The quantitative estimate of drug-likeness (QED) is 0.110. The number of aryl methyl sites for hydroxylation is 1. The Bertz CT molecular complexity index is 3030. The standard InChI is InChI=1S/C56H65F2N9O6/c1-3-35-6-4-7-36-25-39(68)26-41(45(35)36)47-46(57)48-42(27-59-47)49(66-19-5-12-53(2,72)29-66)62-52(61-48)73-34-55(13-14-55)32-64-30-54(31-64)15-17-56(58,18-16-54)33-63-20-22-65(23-21-63)38-8-9-40-37(24-38)28-67(51(40)71)43-10-11-44(69)60-50(43)70/h4,6-9,24-27,43,68,72H,3,5,10-23,28-34H2,1-2H3,(H,60,69,70)/t43-,53+/m0/s1. The van der Waals surface area contributed by atoms with Crippen LogP contribution < -0.4 is 19.9 Å². The highest BCUT2D eigenvalue weighted by molar-refractivity contribution is 6.06. The highest BCUT2D eigenvalue weighted by atomic mass is 19.1. The van der Waals surface area contributed by atoms with E-state index in [1.807, 2.05) is 55.1 Å². The average Bonchev–Trinajstić information content (AvgIpc) is 4.06. The number of ether oxygens (including phenoxy) is 1. The second-order valence-electron chi connectivity index (χ2n) is 23.0. The number of hydrogen-bond donors (Lipinski definition) is 3. The summed E-state index contributed by atoms with van der Waals surface area (Å²) in [4.78, 5) is 62.4. The summed E-state index contributed by atoms with van der Waals surface area (Å²) in [6.07, 6.45) is 9.09. The Morgan fingerprint density at radius 2 is 1.66 bits per heavy atom. The number of carbonyl (C=O) groups is 3. The molecule has 0 radical (unpaired) electrons. The SMILES string of the molecule is CCc1cccc2cc(O)cc(-c3ncc4c(N5CCC[C@@](C)(O)C5)nc(OCC5(CN6CC7(CCC(F)(CN8CCN(c9ccc%10c(c9)CN([C@H]9CCC(=O)NC9=O)C%10=O)CC8)CC7)C6)CC5)nc4c3F)c12. The molecule has 2 aromatic heterocycles. The maximum absolute atomic E-state index is 17.1. The number of nitrogens with zero attached hydrogens (tertiary/aromatic N) is 8. The third kappa shape index (κ3) is 9.13.